The summed E-state index contributed by atoms with van der Waals surface area (Å²) in [6.07, 6.45) is 13.9. The molecule has 1 aromatic rings. The number of guanidine groups is 1. The van der Waals surface area contributed by atoms with E-state index < -0.39 is 0 Å². The van der Waals surface area contributed by atoms with Crippen molar-refractivity contribution >= 4 is 5.96 Å². The van der Waals surface area contributed by atoms with Crippen LogP contribution < -0.4 is 10.6 Å². The molecule has 0 saturated heterocycles. The molecule has 1 saturated carbocycles. The normalized spacial score (nSPS) is 22.1. The van der Waals surface area contributed by atoms with E-state index >= 15 is 0 Å². The first kappa shape index (κ1) is 18.3. The van der Waals surface area contributed by atoms with Crippen molar-refractivity contribution in [3.63, 3.8) is 0 Å². The van der Waals surface area contributed by atoms with Crippen LogP contribution in [0.2, 0.25) is 0 Å². The smallest absolute Gasteiger partial charge is 0.191 e. The van der Waals surface area contributed by atoms with Crippen LogP contribution >= 0.6 is 0 Å². The van der Waals surface area contributed by atoms with Crippen LogP contribution in [0.5, 0.6) is 0 Å². The minimum absolute atomic E-state index is 0.434. The van der Waals surface area contributed by atoms with Gasteiger partial charge in [0.1, 0.15) is 0 Å². The highest BCUT2D eigenvalue weighted by Gasteiger charge is 2.23. The molecule has 140 valence electrons. The molecule has 5 heteroatoms. The van der Waals surface area contributed by atoms with Gasteiger partial charge in [0.25, 0.3) is 0 Å². The number of aryl methyl sites for hydroxylation is 1. The molecule has 1 atom stereocenters. The first-order valence-electron chi connectivity index (χ1n) is 10.2. The Morgan fingerprint density at radius 3 is 2.80 bits per heavy atom. The molecule has 1 unspecified atom stereocenters. The standard InChI is InChI=1S/C20H35N5/c1-15(2)25-14-17-9-10-18(13-19(17)24-25)23-20(21-3)22-12-11-16-7-5-4-6-8-16/h14-16,18H,4-13H2,1-3H3,(H2,21,22,23). The van der Waals surface area contributed by atoms with Gasteiger partial charge in [0.05, 0.1) is 5.69 Å². The van der Waals surface area contributed by atoms with E-state index in [1.54, 1.807) is 0 Å². The van der Waals surface area contributed by atoms with Crippen LogP contribution in [0.1, 0.15) is 76.1 Å². The van der Waals surface area contributed by atoms with E-state index in [-0.39, 0.29) is 0 Å². The number of aromatic nitrogens is 2. The van der Waals surface area contributed by atoms with E-state index in [2.05, 4.69) is 40.4 Å². The number of rotatable bonds is 5. The van der Waals surface area contributed by atoms with Gasteiger partial charge in [-0.25, -0.2) is 0 Å². The predicted octanol–water partition coefficient (Wildman–Crippen LogP) is 3.46. The summed E-state index contributed by atoms with van der Waals surface area (Å²) >= 11 is 0. The van der Waals surface area contributed by atoms with Gasteiger partial charge in [-0.1, -0.05) is 32.1 Å². The summed E-state index contributed by atoms with van der Waals surface area (Å²) in [5, 5.41) is 11.9. The zero-order chi connectivity index (χ0) is 17.6. The molecule has 3 rings (SSSR count). The molecular formula is C20H35N5. The first-order chi connectivity index (χ1) is 12.2. The second-order valence-corrected chi connectivity index (χ2v) is 8.05. The summed E-state index contributed by atoms with van der Waals surface area (Å²) in [5.74, 6) is 1.86. The van der Waals surface area contributed by atoms with Crippen LogP contribution in [0.4, 0.5) is 0 Å². The van der Waals surface area contributed by atoms with Gasteiger partial charge < -0.3 is 10.6 Å². The predicted molar refractivity (Wildman–Crippen MR) is 104 cm³/mol. The monoisotopic (exact) mass is 345 g/mol. The van der Waals surface area contributed by atoms with Crippen molar-refractivity contribution in [1.29, 1.82) is 0 Å². The van der Waals surface area contributed by atoms with E-state index in [9.17, 15) is 0 Å². The van der Waals surface area contributed by atoms with Crippen LogP contribution in [0.15, 0.2) is 11.2 Å². The average molecular weight is 346 g/mol. The lowest BCUT2D eigenvalue weighted by Gasteiger charge is -2.25. The third kappa shape index (κ3) is 4.99. The Bertz CT molecular complexity index is 569. The number of fused-ring (bicyclic) bond motifs is 1. The molecule has 1 aromatic heterocycles. The van der Waals surface area contributed by atoms with E-state index in [0.29, 0.717) is 12.1 Å². The molecule has 1 fully saturated rings. The maximum absolute atomic E-state index is 4.77. The Morgan fingerprint density at radius 2 is 2.08 bits per heavy atom. The lowest BCUT2D eigenvalue weighted by molar-refractivity contribution is 0.339. The second kappa shape index (κ2) is 8.72. The molecule has 2 aliphatic rings. The van der Waals surface area contributed by atoms with Crippen molar-refractivity contribution in [2.45, 2.75) is 83.7 Å². The number of hydrogen-bond acceptors (Lipinski definition) is 2. The lowest BCUT2D eigenvalue weighted by Crippen LogP contribution is -2.46. The van der Waals surface area contributed by atoms with Crippen molar-refractivity contribution in [2.24, 2.45) is 10.9 Å². The van der Waals surface area contributed by atoms with Crippen LogP contribution in [0.3, 0.4) is 0 Å². The van der Waals surface area contributed by atoms with Crippen molar-refractivity contribution in [3.8, 4) is 0 Å². The van der Waals surface area contributed by atoms with Gasteiger partial charge in [0.15, 0.2) is 5.96 Å². The van der Waals surface area contributed by atoms with Gasteiger partial charge in [-0.3, -0.25) is 9.67 Å². The van der Waals surface area contributed by atoms with Crippen LogP contribution in [0, 0.1) is 5.92 Å². The van der Waals surface area contributed by atoms with Crippen LogP contribution in [-0.2, 0) is 12.8 Å². The molecule has 0 spiro atoms. The fourth-order valence-corrected chi connectivity index (χ4v) is 4.16. The Hall–Kier alpha value is -1.52. The second-order valence-electron chi connectivity index (χ2n) is 8.05. The molecule has 2 aliphatic carbocycles. The van der Waals surface area contributed by atoms with Crippen LogP contribution in [0.25, 0.3) is 0 Å². The van der Waals surface area contributed by atoms with Gasteiger partial charge in [-0.15, -0.1) is 0 Å². The molecule has 5 nitrogen and oxygen atoms in total. The number of aliphatic imine (C=N–C) groups is 1. The minimum atomic E-state index is 0.434. The average Bonchev–Trinajstić information content (AvgIpc) is 3.05. The van der Waals surface area contributed by atoms with E-state index in [0.717, 1.165) is 37.7 Å². The first-order valence-corrected chi connectivity index (χ1v) is 10.2. The summed E-state index contributed by atoms with van der Waals surface area (Å²) in [6, 6.07) is 0.870. The fraction of sp³-hybridized carbons (Fsp3) is 0.800. The van der Waals surface area contributed by atoms with Crippen molar-refractivity contribution in [2.75, 3.05) is 13.6 Å². The molecule has 2 N–H and O–H groups in total. The largest absolute Gasteiger partial charge is 0.356 e. The zero-order valence-corrected chi connectivity index (χ0v) is 16.2. The van der Waals surface area contributed by atoms with E-state index in [1.807, 2.05) is 7.05 Å². The Morgan fingerprint density at radius 1 is 1.28 bits per heavy atom. The Labute approximate surface area is 152 Å². The molecule has 25 heavy (non-hydrogen) atoms. The van der Waals surface area contributed by atoms with E-state index in [1.165, 1.54) is 49.8 Å². The maximum atomic E-state index is 4.77. The van der Waals surface area contributed by atoms with Gasteiger partial charge in [0.2, 0.25) is 0 Å². The highest BCUT2D eigenvalue weighted by atomic mass is 15.3. The molecule has 1 heterocycles. The fourth-order valence-electron chi connectivity index (χ4n) is 4.16. The van der Waals surface area contributed by atoms with Crippen molar-refractivity contribution in [3.05, 3.63) is 17.5 Å². The Balaban J connectivity index is 1.45. The van der Waals surface area contributed by atoms with Crippen molar-refractivity contribution < 1.29 is 0 Å². The molecule has 0 amide bonds. The third-order valence-electron chi connectivity index (χ3n) is 5.76. The molecular weight excluding hydrogens is 310 g/mol. The lowest BCUT2D eigenvalue weighted by atomic mass is 9.87. The Kier molecular flexibility index (Phi) is 6.38. The van der Waals surface area contributed by atoms with Gasteiger partial charge in [-0.05, 0) is 44.6 Å². The number of nitrogens with one attached hydrogen (secondary N) is 2. The zero-order valence-electron chi connectivity index (χ0n) is 16.2. The third-order valence-corrected chi connectivity index (χ3v) is 5.76. The summed E-state index contributed by atoms with van der Waals surface area (Å²) in [6.45, 7) is 5.41. The van der Waals surface area contributed by atoms with Crippen molar-refractivity contribution in [1.82, 2.24) is 20.4 Å². The molecule has 0 aromatic carbocycles. The van der Waals surface area contributed by atoms with Gasteiger partial charge in [0, 0.05) is 38.3 Å². The maximum Gasteiger partial charge on any atom is 0.191 e. The number of nitrogens with zero attached hydrogens (tertiary/aromatic N) is 3. The van der Waals surface area contributed by atoms with E-state index in [4.69, 9.17) is 5.10 Å². The summed E-state index contributed by atoms with van der Waals surface area (Å²) in [4.78, 5) is 4.42. The van der Waals surface area contributed by atoms with Crippen LogP contribution in [-0.4, -0.2) is 35.4 Å². The minimum Gasteiger partial charge on any atom is -0.356 e. The molecule has 0 bridgehead atoms. The van der Waals surface area contributed by atoms with Gasteiger partial charge >= 0.3 is 0 Å². The highest BCUT2D eigenvalue weighted by molar-refractivity contribution is 5.80. The topological polar surface area (TPSA) is 54.2 Å². The summed E-state index contributed by atoms with van der Waals surface area (Å²) in [5.41, 5.74) is 2.68. The molecule has 0 aliphatic heterocycles. The summed E-state index contributed by atoms with van der Waals surface area (Å²) < 4.78 is 2.10. The SMILES string of the molecule is CN=C(NCCC1CCCCC1)NC1CCc2cn(C(C)C)nc2C1. The molecule has 0 radical (unpaired) electrons. The highest BCUT2D eigenvalue weighted by Crippen LogP contribution is 2.25. The van der Waals surface area contributed by atoms with Gasteiger partial charge in [-0.2, -0.15) is 5.10 Å². The quantitative estimate of drug-likeness (QED) is 0.635. The number of hydrogen-bond donors (Lipinski definition) is 2. The summed E-state index contributed by atoms with van der Waals surface area (Å²) in [7, 11) is 1.87.